The normalized spacial score (nSPS) is 14.7. The molecule has 9 nitrogen and oxygen atoms in total. The van der Waals surface area contributed by atoms with Crippen LogP contribution in [0.3, 0.4) is 0 Å². The lowest BCUT2D eigenvalue weighted by Gasteiger charge is -2.29. The molecule has 0 aliphatic heterocycles. The minimum absolute atomic E-state index is 0.0559. The Balaban J connectivity index is 2.69. The van der Waals surface area contributed by atoms with E-state index in [0.717, 1.165) is 6.26 Å². The van der Waals surface area contributed by atoms with Crippen molar-refractivity contribution in [3.05, 3.63) is 30.3 Å². The number of carboxylic acid groups (broad SMARTS) is 1. The number of benzene rings is 1. The summed E-state index contributed by atoms with van der Waals surface area (Å²) < 4.78 is 37.5. The lowest BCUT2D eigenvalue weighted by Crippen LogP contribution is -2.32. The molecule has 1 unspecified atom stereocenters. The zero-order valence-electron chi connectivity index (χ0n) is 15.2. The zero-order chi connectivity index (χ0) is 20.5. The van der Waals surface area contributed by atoms with Gasteiger partial charge in [0.05, 0.1) is 29.6 Å². The molecule has 0 aliphatic rings. The monoisotopic (exact) mass is 421 g/mol. The fraction of sp³-hybridized carbons (Fsp3) is 0.438. The van der Waals surface area contributed by atoms with Gasteiger partial charge >= 0.3 is 11.9 Å². The number of thioether (sulfide) groups is 1. The van der Waals surface area contributed by atoms with E-state index in [4.69, 9.17) is 18.9 Å². The van der Waals surface area contributed by atoms with Crippen molar-refractivity contribution in [1.29, 1.82) is 0 Å². The fourth-order valence-electron chi connectivity index (χ4n) is 1.65. The Kier molecular flexibility index (Phi) is 8.41. The van der Waals surface area contributed by atoms with Gasteiger partial charge in [-0.05, 0) is 19.1 Å². The number of hydrogen-bond donors (Lipinski definition) is 2. The third kappa shape index (κ3) is 8.08. The second-order valence-electron chi connectivity index (χ2n) is 5.63. The smallest absolute Gasteiger partial charge is 0.364 e. The van der Waals surface area contributed by atoms with Crippen molar-refractivity contribution in [3.63, 3.8) is 0 Å². The Morgan fingerprint density at radius 1 is 1.30 bits per heavy atom. The number of aliphatic carboxylic acids is 1. The van der Waals surface area contributed by atoms with E-state index in [1.54, 1.807) is 6.07 Å². The van der Waals surface area contributed by atoms with Crippen molar-refractivity contribution < 1.29 is 37.2 Å². The van der Waals surface area contributed by atoms with Gasteiger partial charge in [-0.3, -0.25) is 13.6 Å². The number of nitrogens with zero attached hydrogens (tertiary/aromatic N) is 1. The predicted molar refractivity (Wildman–Crippen MR) is 102 cm³/mol. The predicted octanol–water partition coefficient (Wildman–Crippen LogP) is 2.00. The SMILES string of the molecule is COC(C)CCOC(=O)CS/C(=N\OS(C)(=O)(O)c1ccccc1)C(=O)O. The fourth-order valence-corrected chi connectivity index (χ4v) is 3.35. The van der Waals surface area contributed by atoms with E-state index in [1.807, 2.05) is 6.92 Å². The number of carbonyl (C=O) groups excluding carboxylic acids is 1. The van der Waals surface area contributed by atoms with Crippen LogP contribution in [-0.4, -0.2) is 62.7 Å². The molecule has 27 heavy (non-hydrogen) atoms. The average molecular weight is 421 g/mol. The van der Waals surface area contributed by atoms with Crippen molar-refractivity contribution in [1.82, 2.24) is 0 Å². The van der Waals surface area contributed by atoms with Crippen LogP contribution in [0.4, 0.5) is 0 Å². The van der Waals surface area contributed by atoms with Gasteiger partial charge in [0.15, 0.2) is 9.63 Å². The van der Waals surface area contributed by atoms with Gasteiger partial charge in [-0.25, -0.2) is 9.00 Å². The third-order valence-electron chi connectivity index (χ3n) is 3.27. The number of oxime groups is 1. The lowest BCUT2D eigenvalue weighted by molar-refractivity contribution is -0.141. The van der Waals surface area contributed by atoms with Crippen LogP contribution in [-0.2, 0) is 33.0 Å². The number of ether oxygens (including phenoxy) is 2. The molecule has 1 atom stereocenters. The van der Waals surface area contributed by atoms with Crippen LogP contribution in [0.1, 0.15) is 13.3 Å². The molecule has 1 aromatic rings. The van der Waals surface area contributed by atoms with Crippen molar-refractivity contribution in [3.8, 4) is 0 Å². The lowest BCUT2D eigenvalue weighted by atomic mass is 10.3. The van der Waals surface area contributed by atoms with Crippen molar-refractivity contribution in [2.75, 3.05) is 25.7 Å². The Hall–Kier alpha value is -1.95. The molecule has 0 aromatic heterocycles. The summed E-state index contributed by atoms with van der Waals surface area (Å²) in [6.07, 6.45) is 1.33. The first-order valence-electron chi connectivity index (χ1n) is 7.80. The first kappa shape index (κ1) is 23.1. The van der Waals surface area contributed by atoms with Crippen molar-refractivity contribution in [2.24, 2.45) is 5.16 Å². The van der Waals surface area contributed by atoms with Crippen LogP contribution in [0.5, 0.6) is 0 Å². The Bertz CT molecular complexity index is 744. The molecular formula is C16H23NO8S2. The second-order valence-corrected chi connectivity index (χ2v) is 9.60. The highest BCUT2D eigenvalue weighted by atomic mass is 32.3. The Labute approximate surface area is 161 Å². The van der Waals surface area contributed by atoms with E-state index < -0.39 is 26.6 Å². The number of rotatable bonds is 9. The quantitative estimate of drug-likeness (QED) is 0.266. The highest BCUT2D eigenvalue weighted by Crippen LogP contribution is 2.30. The number of esters is 1. The number of hydrogen-bond acceptors (Lipinski definition) is 8. The third-order valence-corrected chi connectivity index (χ3v) is 5.94. The Morgan fingerprint density at radius 2 is 1.93 bits per heavy atom. The van der Waals surface area contributed by atoms with Gasteiger partial charge in [0, 0.05) is 13.5 Å². The molecule has 0 amide bonds. The van der Waals surface area contributed by atoms with Gasteiger partial charge in [0.25, 0.3) is 0 Å². The topological polar surface area (TPSA) is 132 Å². The van der Waals surface area contributed by atoms with Gasteiger partial charge < -0.3 is 14.6 Å². The molecule has 0 bridgehead atoms. The minimum Gasteiger partial charge on any atom is -0.476 e. The van der Waals surface area contributed by atoms with E-state index >= 15 is 0 Å². The summed E-state index contributed by atoms with van der Waals surface area (Å²) in [5.41, 5.74) is 0. The molecule has 2 N–H and O–H groups in total. The average Bonchev–Trinajstić information content (AvgIpc) is 2.61. The van der Waals surface area contributed by atoms with Crippen LogP contribution in [0.2, 0.25) is 0 Å². The standard InChI is InChI=1S/C16H23NO8S2/c1-12(23-2)9-10-24-14(18)11-26-15(16(19)20)17-25-27(3,21,22)13-7-5-4-6-8-13/h4-8,12H,9-11H2,1-3H3,(H,19,20)(H,21,22)/b17-15-. The van der Waals surface area contributed by atoms with Gasteiger partial charge in [0.2, 0.25) is 5.04 Å². The molecule has 0 aliphatic carbocycles. The van der Waals surface area contributed by atoms with Gasteiger partial charge in [-0.1, -0.05) is 35.1 Å². The van der Waals surface area contributed by atoms with Crippen molar-refractivity contribution >= 4 is 38.4 Å². The van der Waals surface area contributed by atoms with E-state index in [2.05, 4.69) is 5.16 Å². The maximum atomic E-state index is 12.6. The second kappa shape index (κ2) is 9.83. The van der Waals surface area contributed by atoms with E-state index in [-0.39, 0.29) is 23.4 Å². The molecule has 152 valence electrons. The van der Waals surface area contributed by atoms with Gasteiger partial charge in [-0.15, -0.1) is 0 Å². The number of methoxy groups -OCH3 is 1. The molecule has 0 spiro atoms. The molecule has 1 aromatic carbocycles. The maximum absolute atomic E-state index is 12.6. The maximum Gasteiger partial charge on any atom is 0.364 e. The molecule has 0 saturated heterocycles. The molecule has 0 saturated carbocycles. The molecule has 0 fully saturated rings. The van der Waals surface area contributed by atoms with Crippen LogP contribution < -0.4 is 0 Å². The van der Waals surface area contributed by atoms with Crippen molar-refractivity contribution in [2.45, 2.75) is 24.3 Å². The van der Waals surface area contributed by atoms with Crippen LogP contribution in [0.15, 0.2) is 40.4 Å². The summed E-state index contributed by atoms with van der Waals surface area (Å²) in [6, 6.07) is 7.42. The summed E-state index contributed by atoms with van der Waals surface area (Å²) in [7, 11) is -3.30. The van der Waals surface area contributed by atoms with Gasteiger partial charge in [-0.2, -0.15) is 0 Å². The largest absolute Gasteiger partial charge is 0.476 e. The van der Waals surface area contributed by atoms with Gasteiger partial charge in [0.1, 0.15) is 0 Å². The molecule has 1 rings (SSSR count). The summed E-state index contributed by atoms with van der Waals surface area (Å²) in [5, 5.41) is 11.8. The number of carbonyl (C=O) groups is 2. The zero-order valence-corrected chi connectivity index (χ0v) is 16.8. The van der Waals surface area contributed by atoms with E-state index in [0.29, 0.717) is 18.2 Å². The highest BCUT2D eigenvalue weighted by molar-refractivity contribution is 8.16. The van der Waals surface area contributed by atoms with Crippen LogP contribution >= 0.6 is 11.8 Å². The molecule has 11 heteroatoms. The van der Waals surface area contributed by atoms with Crippen LogP contribution in [0.25, 0.3) is 0 Å². The summed E-state index contributed by atoms with van der Waals surface area (Å²) in [6.45, 7) is 1.94. The Morgan fingerprint density at radius 3 is 2.48 bits per heavy atom. The molecule has 0 radical (unpaired) electrons. The van der Waals surface area contributed by atoms with Crippen LogP contribution in [0, 0.1) is 0 Å². The summed E-state index contributed by atoms with van der Waals surface area (Å²) >= 11 is 0.524. The first-order chi connectivity index (χ1) is 12.5. The van der Waals surface area contributed by atoms with E-state index in [1.165, 1.54) is 31.4 Å². The number of carboxylic acids is 1. The minimum atomic E-state index is -4.83. The summed E-state index contributed by atoms with van der Waals surface area (Å²) in [4.78, 5) is 22.8. The molecule has 0 heterocycles. The van der Waals surface area contributed by atoms with E-state index in [9.17, 15) is 18.4 Å². The molecular weight excluding hydrogens is 398 g/mol. The first-order valence-corrected chi connectivity index (χ1v) is 11.0. The summed E-state index contributed by atoms with van der Waals surface area (Å²) in [5.74, 6) is -2.50. The highest BCUT2D eigenvalue weighted by Gasteiger charge is 2.33.